The van der Waals surface area contributed by atoms with E-state index in [0.717, 1.165) is 30.0 Å². The predicted octanol–water partition coefficient (Wildman–Crippen LogP) is 1.99. The van der Waals surface area contributed by atoms with Gasteiger partial charge in [-0.25, -0.2) is 12.7 Å². The van der Waals surface area contributed by atoms with E-state index >= 15 is 0 Å². The second-order valence-electron chi connectivity index (χ2n) is 7.49. The summed E-state index contributed by atoms with van der Waals surface area (Å²) in [6.45, 7) is 0. The Bertz CT molecular complexity index is 723. The summed E-state index contributed by atoms with van der Waals surface area (Å²) < 4.78 is 25.4. The lowest BCUT2D eigenvalue weighted by Gasteiger charge is -2.45. The van der Waals surface area contributed by atoms with Crippen LogP contribution in [-0.4, -0.2) is 44.8 Å². The fraction of sp³-hybridized carbons (Fsp3) is 0.611. The van der Waals surface area contributed by atoms with Crippen molar-refractivity contribution in [3.63, 3.8) is 0 Å². The van der Waals surface area contributed by atoms with Gasteiger partial charge in [0.25, 0.3) is 5.91 Å². The van der Waals surface area contributed by atoms with E-state index in [1.54, 1.807) is 12.1 Å². The first-order valence-corrected chi connectivity index (χ1v) is 10.3. The van der Waals surface area contributed by atoms with E-state index in [4.69, 9.17) is 5.73 Å². The summed E-state index contributed by atoms with van der Waals surface area (Å²) >= 11 is 0. The number of amides is 1. The van der Waals surface area contributed by atoms with Gasteiger partial charge in [0, 0.05) is 31.7 Å². The van der Waals surface area contributed by atoms with Crippen molar-refractivity contribution in [3.8, 4) is 0 Å². The number of halogens is 1. The topological polar surface area (TPSA) is 92.5 Å². The van der Waals surface area contributed by atoms with Crippen LogP contribution in [0.1, 0.15) is 42.5 Å². The number of rotatable bonds is 4. The minimum atomic E-state index is -3.48. The maximum atomic E-state index is 12.6. The Hall–Kier alpha value is -1.15. The van der Waals surface area contributed by atoms with Crippen molar-refractivity contribution in [1.29, 1.82) is 0 Å². The summed E-state index contributed by atoms with van der Waals surface area (Å²) in [7, 11) is -0.500. The van der Waals surface area contributed by atoms with Gasteiger partial charge in [0.15, 0.2) is 0 Å². The second-order valence-corrected chi connectivity index (χ2v) is 9.65. The van der Waals surface area contributed by atoms with Crippen molar-refractivity contribution in [2.45, 2.75) is 49.1 Å². The number of benzene rings is 1. The number of nitrogens with two attached hydrogens (primary N) is 1. The Morgan fingerprint density at radius 3 is 2.15 bits per heavy atom. The smallest absolute Gasteiger partial charge is 0.251 e. The molecule has 1 amide bonds. The number of fused-ring (bicyclic) bond motifs is 2. The molecule has 0 aromatic heterocycles. The third-order valence-electron chi connectivity index (χ3n) is 5.57. The molecule has 2 aliphatic carbocycles. The lowest BCUT2D eigenvalue weighted by molar-refractivity contribution is 0.0756. The molecule has 3 rings (SSSR count). The molecule has 0 saturated heterocycles. The van der Waals surface area contributed by atoms with Crippen LogP contribution < -0.4 is 11.1 Å². The fourth-order valence-electron chi connectivity index (χ4n) is 4.25. The lowest BCUT2D eigenvalue weighted by atomic mass is 9.67. The number of carbonyl (C=O) groups excluding carboxylic acids is 1. The van der Waals surface area contributed by atoms with E-state index < -0.39 is 10.0 Å². The summed E-state index contributed by atoms with van der Waals surface area (Å²) in [4.78, 5) is 12.8. The Balaban J connectivity index is 0.00000243. The zero-order valence-electron chi connectivity index (χ0n) is 15.2. The highest BCUT2D eigenvalue weighted by molar-refractivity contribution is 7.89. The SMILES string of the molecule is CN(C)S(=O)(=O)c1ccc(C(=O)NC2C3CCCC2CC(N)C3)cc1.Cl. The highest BCUT2D eigenvalue weighted by atomic mass is 35.5. The van der Waals surface area contributed by atoms with Crippen LogP contribution in [0.2, 0.25) is 0 Å². The van der Waals surface area contributed by atoms with Crippen LogP contribution in [0.15, 0.2) is 29.2 Å². The van der Waals surface area contributed by atoms with E-state index in [1.165, 1.54) is 32.6 Å². The maximum Gasteiger partial charge on any atom is 0.251 e. The van der Waals surface area contributed by atoms with Crippen molar-refractivity contribution in [2.75, 3.05) is 14.1 Å². The number of nitrogens with zero attached hydrogens (tertiary/aromatic N) is 1. The minimum Gasteiger partial charge on any atom is -0.349 e. The zero-order chi connectivity index (χ0) is 18.2. The zero-order valence-corrected chi connectivity index (χ0v) is 16.9. The van der Waals surface area contributed by atoms with Gasteiger partial charge in [-0.3, -0.25) is 4.79 Å². The molecule has 146 valence electrons. The standard InChI is InChI=1S/C18H27N3O3S.ClH/c1-21(2)25(23,24)16-8-6-12(7-9-16)18(22)20-17-13-4-3-5-14(17)11-15(19)10-13;/h6-9,13-15,17H,3-5,10-11,19H2,1-2H3,(H,20,22);1H. The Morgan fingerprint density at radius 2 is 1.65 bits per heavy atom. The number of hydrogen-bond donors (Lipinski definition) is 2. The molecule has 6 nitrogen and oxygen atoms in total. The Kier molecular flexibility index (Phi) is 6.71. The minimum absolute atomic E-state index is 0. The van der Waals surface area contributed by atoms with Gasteiger partial charge < -0.3 is 11.1 Å². The van der Waals surface area contributed by atoms with E-state index in [9.17, 15) is 13.2 Å². The quantitative estimate of drug-likeness (QED) is 0.806. The first-order valence-electron chi connectivity index (χ1n) is 8.88. The van der Waals surface area contributed by atoms with Crippen molar-refractivity contribution in [2.24, 2.45) is 17.6 Å². The number of hydrogen-bond acceptors (Lipinski definition) is 4. The summed E-state index contributed by atoms with van der Waals surface area (Å²) in [5.74, 6) is 0.783. The number of carbonyl (C=O) groups is 1. The average Bonchev–Trinajstić information content (AvgIpc) is 2.55. The molecule has 0 radical (unpaired) electrons. The molecule has 2 atom stereocenters. The van der Waals surface area contributed by atoms with Crippen LogP contribution in [0.4, 0.5) is 0 Å². The Morgan fingerprint density at radius 1 is 1.12 bits per heavy atom. The molecule has 2 unspecified atom stereocenters. The van der Waals surface area contributed by atoms with Gasteiger partial charge in [0.05, 0.1) is 4.90 Å². The summed E-state index contributed by atoms with van der Waals surface area (Å²) in [5, 5.41) is 3.18. The molecule has 2 saturated carbocycles. The Labute approximate surface area is 162 Å². The molecule has 2 bridgehead atoms. The molecule has 0 aliphatic heterocycles. The average molecular weight is 402 g/mol. The molecule has 8 heteroatoms. The van der Waals surface area contributed by atoms with Gasteiger partial charge >= 0.3 is 0 Å². The molecule has 1 aromatic rings. The molecular formula is C18H28ClN3O3S. The number of nitrogens with one attached hydrogen (secondary N) is 1. The van der Waals surface area contributed by atoms with Crippen LogP contribution in [0.25, 0.3) is 0 Å². The molecule has 0 heterocycles. The molecule has 0 spiro atoms. The van der Waals surface area contributed by atoms with E-state index in [-0.39, 0.29) is 35.3 Å². The molecule has 2 fully saturated rings. The maximum absolute atomic E-state index is 12.6. The van der Waals surface area contributed by atoms with E-state index in [1.807, 2.05) is 0 Å². The third kappa shape index (κ3) is 4.22. The molecular weight excluding hydrogens is 374 g/mol. The fourth-order valence-corrected chi connectivity index (χ4v) is 5.15. The van der Waals surface area contributed by atoms with E-state index in [0.29, 0.717) is 17.4 Å². The van der Waals surface area contributed by atoms with Crippen molar-refractivity contribution in [3.05, 3.63) is 29.8 Å². The summed E-state index contributed by atoms with van der Waals surface area (Å²) in [6.07, 6.45) is 5.40. The molecule has 3 N–H and O–H groups in total. The van der Waals surface area contributed by atoms with Crippen molar-refractivity contribution in [1.82, 2.24) is 9.62 Å². The van der Waals surface area contributed by atoms with Crippen LogP contribution in [-0.2, 0) is 10.0 Å². The summed E-state index contributed by atoms with van der Waals surface area (Å²) in [6, 6.07) is 6.57. The van der Waals surface area contributed by atoms with E-state index in [2.05, 4.69) is 5.32 Å². The van der Waals surface area contributed by atoms with Crippen LogP contribution in [0.3, 0.4) is 0 Å². The first kappa shape index (κ1) is 21.2. The van der Waals surface area contributed by atoms with Gasteiger partial charge in [-0.1, -0.05) is 6.42 Å². The first-order chi connectivity index (χ1) is 11.8. The normalized spacial score (nSPS) is 28.3. The van der Waals surface area contributed by atoms with Crippen LogP contribution in [0.5, 0.6) is 0 Å². The second kappa shape index (κ2) is 8.25. The molecule has 26 heavy (non-hydrogen) atoms. The molecule has 2 aliphatic rings. The van der Waals surface area contributed by atoms with Gasteiger partial charge in [0.1, 0.15) is 0 Å². The van der Waals surface area contributed by atoms with Crippen molar-refractivity contribution >= 4 is 28.3 Å². The van der Waals surface area contributed by atoms with Crippen LogP contribution >= 0.6 is 12.4 Å². The van der Waals surface area contributed by atoms with Gasteiger partial charge in [-0.05, 0) is 61.8 Å². The number of sulfonamides is 1. The van der Waals surface area contributed by atoms with Crippen molar-refractivity contribution < 1.29 is 13.2 Å². The van der Waals surface area contributed by atoms with Gasteiger partial charge in [-0.15, -0.1) is 12.4 Å². The largest absolute Gasteiger partial charge is 0.349 e. The monoisotopic (exact) mass is 401 g/mol. The lowest BCUT2D eigenvalue weighted by Crippen LogP contribution is -2.53. The third-order valence-corrected chi connectivity index (χ3v) is 7.40. The molecule has 1 aromatic carbocycles. The van der Waals surface area contributed by atoms with Gasteiger partial charge in [0.2, 0.25) is 10.0 Å². The predicted molar refractivity (Wildman–Crippen MR) is 104 cm³/mol. The van der Waals surface area contributed by atoms with Crippen LogP contribution in [0, 0.1) is 11.8 Å². The highest BCUT2D eigenvalue weighted by Gasteiger charge is 2.39. The van der Waals surface area contributed by atoms with Gasteiger partial charge in [-0.2, -0.15) is 0 Å². The highest BCUT2D eigenvalue weighted by Crippen LogP contribution is 2.39. The summed E-state index contributed by atoms with van der Waals surface area (Å²) in [5.41, 5.74) is 6.63.